The quantitative estimate of drug-likeness (QED) is 0.123. The highest BCUT2D eigenvalue weighted by Gasteiger charge is 2.24. The molecule has 5 N–H and O–H groups in total. The lowest BCUT2D eigenvalue weighted by Crippen LogP contribution is -2.68. The molecule has 1 aromatic heterocycles. The molecule has 4 rings (SSSR count). The third-order valence-corrected chi connectivity index (χ3v) is 7.51. The lowest BCUT2D eigenvalue weighted by molar-refractivity contribution is -2.00. The highest BCUT2D eigenvalue weighted by Crippen LogP contribution is 2.28. The highest BCUT2D eigenvalue weighted by atomic mass is 35.7. The van der Waals surface area contributed by atoms with Crippen LogP contribution in [-0.2, 0) is 21.4 Å². The molecule has 1 amide bonds. The predicted octanol–water partition coefficient (Wildman–Crippen LogP) is -0.334. The van der Waals surface area contributed by atoms with Gasteiger partial charge in [-0.15, -0.1) is 14.6 Å². The first-order chi connectivity index (χ1) is 20.6. The Hall–Kier alpha value is -4.37. The van der Waals surface area contributed by atoms with Crippen LogP contribution in [0.5, 0.6) is 0 Å². The largest absolute Gasteiger partial charge is 0.369 e. The number of nitrogens with two attached hydrogens (primary N) is 2. The number of carbonyl (C=O) groups excluding carboxylic acids is 1. The molecule has 4 aromatic rings. The summed E-state index contributed by atoms with van der Waals surface area (Å²) in [4.78, 5) is 12.9. The minimum Gasteiger partial charge on any atom is -0.369 e. The summed E-state index contributed by atoms with van der Waals surface area (Å²) in [5, 5.41) is 2.84. The molecule has 3 aromatic carbocycles. The smallest absolute Gasteiger partial charge is 0.285 e. The van der Waals surface area contributed by atoms with Crippen molar-refractivity contribution in [3.63, 3.8) is 0 Å². The number of nitrogens with zero attached hydrogens (tertiary/aromatic N) is 2. The van der Waals surface area contributed by atoms with Gasteiger partial charge in [0.1, 0.15) is 0 Å². The second-order valence-corrected chi connectivity index (χ2v) is 12.1. The average molecular weight is 642 g/mol. The Morgan fingerprint density at radius 1 is 0.841 bits per heavy atom. The minimum atomic E-state index is -4.94. The zero-order chi connectivity index (χ0) is 32.5. The number of nitrogens with one attached hydrogen (secondary N) is 1. The van der Waals surface area contributed by atoms with Crippen LogP contribution in [0.2, 0.25) is 0 Å². The number of rotatable bonds is 9. The van der Waals surface area contributed by atoms with Gasteiger partial charge in [0.2, 0.25) is 17.6 Å². The Labute approximate surface area is 257 Å². The monoisotopic (exact) mass is 641 g/mol. The van der Waals surface area contributed by atoms with E-state index in [1.165, 1.54) is 24.3 Å². The molecule has 0 aliphatic heterocycles. The van der Waals surface area contributed by atoms with E-state index in [9.17, 15) is 13.2 Å². The fourth-order valence-electron chi connectivity index (χ4n) is 4.35. The van der Waals surface area contributed by atoms with E-state index in [4.69, 9.17) is 30.1 Å². The number of aromatic nitrogens is 1. The van der Waals surface area contributed by atoms with Gasteiger partial charge in [0.05, 0.1) is 11.3 Å². The molecule has 14 heteroatoms. The Kier molecular flexibility index (Phi) is 11.5. The molecule has 0 atom stereocenters. The van der Waals surface area contributed by atoms with Crippen LogP contribution in [0.15, 0.2) is 106 Å². The maximum Gasteiger partial charge on any atom is 0.285 e. The highest BCUT2D eigenvalue weighted by molar-refractivity contribution is 7.90. The molecule has 0 aliphatic carbocycles. The minimum absolute atomic E-state index is 0.0722. The summed E-state index contributed by atoms with van der Waals surface area (Å²) in [6, 6.07) is 30.5. The van der Waals surface area contributed by atoms with Crippen molar-refractivity contribution >= 4 is 27.6 Å². The van der Waals surface area contributed by atoms with E-state index >= 15 is 0 Å². The first-order valence-corrected chi connectivity index (χ1v) is 15.9. The summed E-state index contributed by atoms with van der Waals surface area (Å²) < 4.78 is 63.7. The van der Waals surface area contributed by atoms with Crippen LogP contribution in [0.25, 0.3) is 22.4 Å². The Morgan fingerprint density at radius 3 is 1.86 bits per heavy atom. The molecule has 1 heterocycles. The summed E-state index contributed by atoms with van der Waals surface area (Å²) in [6.07, 6.45) is 0.225. The third-order valence-electron chi connectivity index (χ3n) is 6.19. The molecule has 0 saturated heterocycles. The second-order valence-electron chi connectivity index (χ2n) is 9.78. The van der Waals surface area contributed by atoms with Crippen LogP contribution in [0.1, 0.15) is 31.9 Å². The Balaban J connectivity index is 0.000000978. The number of guanidine groups is 1. The zero-order valence-electron chi connectivity index (χ0n) is 23.9. The molecule has 0 aliphatic rings. The van der Waals surface area contributed by atoms with Crippen molar-refractivity contribution in [1.82, 2.24) is 0 Å². The van der Waals surface area contributed by atoms with Crippen molar-refractivity contribution in [2.24, 2.45) is 15.9 Å². The lowest BCUT2D eigenvalue weighted by Gasteiger charge is -2.17. The molecule has 44 heavy (non-hydrogen) atoms. The predicted molar refractivity (Wildman–Crippen MR) is 154 cm³/mol. The number of sulfonamides is 1. The van der Waals surface area contributed by atoms with Gasteiger partial charge in [-0.1, -0.05) is 62.4 Å². The van der Waals surface area contributed by atoms with E-state index in [1.807, 2.05) is 36.4 Å². The van der Waals surface area contributed by atoms with Crippen LogP contribution >= 0.6 is 0 Å². The summed E-state index contributed by atoms with van der Waals surface area (Å²) >= 11 is 0. The van der Waals surface area contributed by atoms with Crippen LogP contribution < -0.4 is 40.0 Å². The fraction of sp³-hybridized carbons (Fsp3) is 0.167. The third kappa shape index (κ3) is 10.4. The van der Waals surface area contributed by atoms with Crippen LogP contribution in [-0.4, -0.2) is 20.3 Å². The maximum atomic E-state index is 12.9. The van der Waals surface area contributed by atoms with E-state index < -0.39 is 26.2 Å². The van der Waals surface area contributed by atoms with Gasteiger partial charge in [-0.25, -0.2) is 18.6 Å². The average Bonchev–Trinajstić information content (AvgIpc) is 2.95. The van der Waals surface area contributed by atoms with Gasteiger partial charge in [-0.05, 0) is 47.5 Å². The first kappa shape index (κ1) is 34.1. The molecular formula is C30H32ClN5O7S. The van der Waals surface area contributed by atoms with Crippen molar-refractivity contribution < 1.29 is 46.7 Å². The van der Waals surface area contributed by atoms with Crippen molar-refractivity contribution in [3.8, 4) is 22.4 Å². The summed E-state index contributed by atoms with van der Waals surface area (Å²) in [6.45, 7) is 4.76. The normalized spacial score (nSPS) is 11.3. The molecule has 0 saturated carbocycles. The molecule has 0 fully saturated rings. The van der Waals surface area contributed by atoms with E-state index in [2.05, 4.69) is 64.5 Å². The van der Waals surface area contributed by atoms with E-state index in [0.29, 0.717) is 12.2 Å². The number of benzene rings is 3. The molecule has 12 nitrogen and oxygen atoms in total. The van der Waals surface area contributed by atoms with E-state index in [1.54, 1.807) is 0 Å². The summed E-state index contributed by atoms with van der Waals surface area (Å²) in [5.74, 6) is -0.514. The number of halogens is 1. The molecule has 0 unspecified atom stereocenters. The molecule has 232 valence electrons. The van der Waals surface area contributed by atoms with Gasteiger partial charge in [0.25, 0.3) is 10.0 Å². The number of pyridine rings is 1. The number of hydrogen-bond acceptors (Lipinski definition) is 7. The summed E-state index contributed by atoms with van der Waals surface area (Å²) in [7, 11) is -8.94. The fourth-order valence-corrected chi connectivity index (χ4v) is 5.22. The maximum absolute atomic E-state index is 12.9. The second kappa shape index (κ2) is 14.9. The van der Waals surface area contributed by atoms with Crippen molar-refractivity contribution in [1.29, 1.82) is 0 Å². The number of anilines is 1. The molecular weight excluding hydrogens is 610 g/mol. The van der Waals surface area contributed by atoms with Gasteiger partial charge >= 0.3 is 0 Å². The standard InChI is InChI=1S/C30H31N5O3S.ClHO4/c1-21(2)27-19-24(22-9-5-3-6-10-22)20-28(23-11-7-4-8-12-23)35(27)18-17-29(36)33-25-13-15-26(16-14-25)39(37,38)34-30(31)32;2-1(3,4)5/h3-16,19-21H,17-18H2,1-2H3,(H4-,31,32,33,34,36);(H,2,3,4,5). The Bertz CT molecular complexity index is 1690. The molecule has 0 bridgehead atoms. The number of hydrogen-bond donors (Lipinski definition) is 3. The van der Waals surface area contributed by atoms with Crippen molar-refractivity contribution in [3.05, 3.63) is 103 Å². The number of carbonyl (C=O) groups is 1. The number of amides is 1. The molecule has 0 radical (unpaired) electrons. The topological polar surface area (TPSA) is 224 Å². The van der Waals surface area contributed by atoms with Crippen LogP contribution in [0, 0.1) is 10.2 Å². The van der Waals surface area contributed by atoms with Crippen molar-refractivity contribution in [2.45, 2.75) is 37.6 Å². The summed E-state index contributed by atoms with van der Waals surface area (Å²) in [5.41, 5.74) is 16.3. The van der Waals surface area contributed by atoms with Gasteiger partial charge < -0.3 is 16.8 Å². The van der Waals surface area contributed by atoms with Gasteiger partial charge in [-0.2, -0.15) is 13.0 Å². The van der Waals surface area contributed by atoms with E-state index in [0.717, 1.165) is 28.1 Å². The van der Waals surface area contributed by atoms with Gasteiger partial charge in [-0.3, -0.25) is 4.79 Å². The SMILES string of the molecule is CC(C)c1cc(-c2ccccc2)cc(-c2ccccc2)[n+]1CCC(=O)Nc1ccc(S(=O)(=O)N=C(N)N)cc1.[O-][Cl+3]([O-])([O-])[O-]. The van der Waals surface area contributed by atoms with Gasteiger partial charge in [0.15, 0.2) is 12.2 Å². The zero-order valence-corrected chi connectivity index (χ0v) is 25.5. The van der Waals surface area contributed by atoms with E-state index in [-0.39, 0.29) is 23.1 Å². The van der Waals surface area contributed by atoms with Crippen LogP contribution in [0.4, 0.5) is 5.69 Å². The van der Waals surface area contributed by atoms with Crippen molar-refractivity contribution in [2.75, 3.05) is 5.32 Å². The first-order valence-electron chi connectivity index (χ1n) is 13.2. The molecule has 0 spiro atoms. The van der Waals surface area contributed by atoms with Crippen LogP contribution in [0.3, 0.4) is 0 Å². The Morgan fingerprint density at radius 2 is 1.36 bits per heavy atom. The van der Waals surface area contributed by atoms with Gasteiger partial charge in [0, 0.05) is 29.3 Å². The lowest BCUT2D eigenvalue weighted by atomic mass is 9.98.